The van der Waals surface area contributed by atoms with Crippen LogP contribution in [0.1, 0.15) is 11.1 Å². The van der Waals surface area contributed by atoms with Crippen molar-refractivity contribution in [3.05, 3.63) is 85.5 Å². The van der Waals surface area contributed by atoms with Gasteiger partial charge in [-0.15, -0.1) is 0 Å². The minimum Gasteiger partial charge on any atom is -0.312 e. The van der Waals surface area contributed by atoms with Gasteiger partial charge in [0.15, 0.2) is 0 Å². The number of carbonyl (C=O) groups excluding carboxylic acids is 1. The van der Waals surface area contributed by atoms with Crippen LogP contribution in [0.5, 0.6) is 0 Å². The Labute approximate surface area is 140 Å². The fraction of sp³-hybridized carbons (Fsp3) is 0. The number of oxime groups is 1. The molecule has 1 aliphatic heterocycles. The summed E-state index contributed by atoms with van der Waals surface area (Å²) in [6.07, 6.45) is 1.42. The Morgan fingerprint density at radius 3 is 2.28 bits per heavy atom. The van der Waals surface area contributed by atoms with E-state index < -0.39 is 15.8 Å². The Bertz CT molecular complexity index is 947. The van der Waals surface area contributed by atoms with Crippen LogP contribution in [0.2, 0.25) is 0 Å². The largest absolute Gasteiger partial charge is 0.368 e. The summed E-state index contributed by atoms with van der Waals surface area (Å²) in [5, 5.41) is 25.2. The Morgan fingerprint density at radius 2 is 1.64 bits per heavy atom. The van der Waals surface area contributed by atoms with Gasteiger partial charge < -0.3 is 4.84 Å². The SMILES string of the molecule is O=C1ON=C(c2ccc([N+](=O)[O-])cc2)C1=Cc1cccc([N+](=O)[O-])c1. The number of nitro benzene ring substituents is 2. The first-order chi connectivity index (χ1) is 12.0. The third-order valence-electron chi connectivity index (χ3n) is 3.44. The van der Waals surface area contributed by atoms with Gasteiger partial charge in [0.2, 0.25) is 0 Å². The summed E-state index contributed by atoms with van der Waals surface area (Å²) in [6.45, 7) is 0. The zero-order valence-electron chi connectivity index (χ0n) is 12.5. The van der Waals surface area contributed by atoms with E-state index >= 15 is 0 Å². The van der Waals surface area contributed by atoms with E-state index in [9.17, 15) is 25.0 Å². The minimum atomic E-state index is -0.708. The molecule has 1 heterocycles. The van der Waals surface area contributed by atoms with Crippen molar-refractivity contribution in [1.82, 2.24) is 0 Å². The van der Waals surface area contributed by atoms with Crippen molar-refractivity contribution >= 4 is 29.1 Å². The van der Waals surface area contributed by atoms with E-state index in [1.807, 2.05) is 0 Å². The highest BCUT2D eigenvalue weighted by molar-refractivity contribution is 6.31. The van der Waals surface area contributed by atoms with Crippen LogP contribution in [0.15, 0.2) is 59.3 Å². The number of benzene rings is 2. The van der Waals surface area contributed by atoms with Gasteiger partial charge in [0.1, 0.15) is 5.71 Å². The van der Waals surface area contributed by atoms with Gasteiger partial charge in [0, 0.05) is 29.8 Å². The molecule has 2 aromatic carbocycles. The first-order valence-corrected chi connectivity index (χ1v) is 6.96. The highest BCUT2D eigenvalue weighted by Crippen LogP contribution is 2.23. The highest BCUT2D eigenvalue weighted by atomic mass is 16.7. The van der Waals surface area contributed by atoms with Gasteiger partial charge in [-0.25, -0.2) is 4.79 Å². The van der Waals surface area contributed by atoms with Crippen molar-refractivity contribution in [2.75, 3.05) is 0 Å². The Kier molecular flexibility index (Phi) is 4.04. The summed E-state index contributed by atoms with van der Waals surface area (Å²) in [6, 6.07) is 11.2. The van der Waals surface area contributed by atoms with Crippen molar-refractivity contribution in [3.63, 3.8) is 0 Å². The molecule has 0 aromatic heterocycles. The number of rotatable bonds is 4. The first kappa shape index (κ1) is 16.0. The van der Waals surface area contributed by atoms with E-state index in [2.05, 4.69) is 9.99 Å². The Balaban J connectivity index is 1.98. The number of hydrogen-bond donors (Lipinski definition) is 0. The predicted molar refractivity (Wildman–Crippen MR) is 86.8 cm³/mol. The van der Waals surface area contributed by atoms with Gasteiger partial charge in [0.25, 0.3) is 11.4 Å². The number of nitrogens with zero attached hydrogens (tertiary/aromatic N) is 3. The zero-order chi connectivity index (χ0) is 18.0. The molecule has 1 aliphatic rings. The van der Waals surface area contributed by atoms with E-state index in [0.29, 0.717) is 11.1 Å². The summed E-state index contributed by atoms with van der Waals surface area (Å²) in [7, 11) is 0. The van der Waals surface area contributed by atoms with Crippen molar-refractivity contribution in [2.45, 2.75) is 0 Å². The van der Waals surface area contributed by atoms with Crippen LogP contribution < -0.4 is 0 Å². The van der Waals surface area contributed by atoms with Crippen LogP contribution in [0.3, 0.4) is 0 Å². The van der Waals surface area contributed by atoms with Crippen LogP contribution in [0, 0.1) is 20.2 Å². The molecule has 9 heteroatoms. The van der Waals surface area contributed by atoms with E-state index in [0.717, 1.165) is 0 Å². The van der Waals surface area contributed by atoms with Crippen molar-refractivity contribution in [3.8, 4) is 0 Å². The monoisotopic (exact) mass is 339 g/mol. The van der Waals surface area contributed by atoms with Crippen LogP contribution >= 0.6 is 0 Å². The second-order valence-electron chi connectivity index (χ2n) is 5.03. The summed E-state index contributed by atoms with van der Waals surface area (Å²) in [5.74, 6) is -0.708. The van der Waals surface area contributed by atoms with E-state index in [1.54, 1.807) is 6.07 Å². The van der Waals surface area contributed by atoms with E-state index in [4.69, 9.17) is 0 Å². The average molecular weight is 339 g/mol. The molecule has 25 heavy (non-hydrogen) atoms. The van der Waals surface area contributed by atoms with Crippen LogP contribution in [0.25, 0.3) is 6.08 Å². The van der Waals surface area contributed by atoms with Crippen LogP contribution in [0.4, 0.5) is 11.4 Å². The second-order valence-corrected chi connectivity index (χ2v) is 5.03. The maximum absolute atomic E-state index is 11.9. The lowest BCUT2D eigenvalue weighted by Crippen LogP contribution is -2.07. The molecule has 0 N–H and O–H groups in total. The van der Waals surface area contributed by atoms with Crippen molar-refractivity contribution < 1.29 is 19.5 Å². The Morgan fingerprint density at radius 1 is 0.960 bits per heavy atom. The third-order valence-corrected chi connectivity index (χ3v) is 3.44. The summed E-state index contributed by atoms with van der Waals surface area (Å²) >= 11 is 0. The summed E-state index contributed by atoms with van der Waals surface area (Å²) in [4.78, 5) is 37.1. The molecule has 0 aliphatic carbocycles. The lowest BCUT2D eigenvalue weighted by molar-refractivity contribution is -0.385. The molecular formula is C16H9N3O6. The molecule has 3 rings (SSSR count). The second kappa shape index (κ2) is 6.32. The fourth-order valence-corrected chi connectivity index (χ4v) is 2.25. The molecule has 124 valence electrons. The Hall–Kier alpha value is -3.88. The third kappa shape index (κ3) is 3.24. The smallest absolute Gasteiger partial charge is 0.312 e. The zero-order valence-corrected chi connectivity index (χ0v) is 12.5. The normalized spacial score (nSPS) is 15.0. The fourth-order valence-electron chi connectivity index (χ4n) is 2.25. The molecule has 9 nitrogen and oxygen atoms in total. The maximum atomic E-state index is 11.9. The molecule has 0 spiro atoms. The number of carbonyl (C=O) groups is 1. The van der Waals surface area contributed by atoms with Crippen molar-refractivity contribution in [2.24, 2.45) is 5.16 Å². The molecule has 0 atom stereocenters. The van der Waals surface area contributed by atoms with Gasteiger partial charge in [-0.3, -0.25) is 20.2 Å². The molecule has 0 radical (unpaired) electrons. The summed E-state index contributed by atoms with van der Waals surface area (Å²) < 4.78 is 0. The van der Waals surface area contributed by atoms with Crippen LogP contribution in [-0.4, -0.2) is 21.5 Å². The van der Waals surface area contributed by atoms with Gasteiger partial charge in [-0.1, -0.05) is 17.3 Å². The molecule has 2 aromatic rings. The number of hydrogen-bond acceptors (Lipinski definition) is 7. The lowest BCUT2D eigenvalue weighted by atomic mass is 10.0. The summed E-state index contributed by atoms with van der Waals surface area (Å²) in [5.41, 5.74) is 0.972. The molecule has 0 fully saturated rings. The molecule has 0 saturated carbocycles. The number of nitro groups is 2. The standard InChI is InChI=1S/C16H9N3O6/c20-16-14(9-10-2-1-3-13(8-10)19(23)24)15(17-25-16)11-4-6-12(7-5-11)18(21)22/h1-9H. The van der Waals surface area contributed by atoms with Gasteiger partial charge in [-0.05, 0) is 23.8 Å². The molecular weight excluding hydrogens is 330 g/mol. The van der Waals surface area contributed by atoms with E-state index in [-0.39, 0.29) is 22.7 Å². The average Bonchev–Trinajstić information content (AvgIpc) is 2.96. The number of non-ortho nitro benzene ring substituents is 2. The van der Waals surface area contributed by atoms with Gasteiger partial charge in [-0.2, -0.15) is 0 Å². The minimum absolute atomic E-state index is 0.0983. The van der Waals surface area contributed by atoms with Gasteiger partial charge in [0.05, 0.1) is 15.4 Å². The molecule has 0 unspecified atom stereocenters. The highest BCUT2D eigenvalue weighted by Gasteiger charge is 2.27. The quantitative estimate of drug-likeness (QED) is 0.365. The van der Waals surface area contributed by atoms with Gasteiger partial charge >= 0.3 is 5.97 Å². The van der Waals surface area contributed by atoms with Crippen molar-refractivity contribution in [1.29, 1.82) is 0 Å². The molecule has 0 bridgehead atoms. The first-order valence-electron chi connectivity index (χ1n) is 6.96. The maximum Gasteiger partial charge on any atom is 0.368 e. The predicted octanol–water partition coefficient (Wildman–Crippen LogP) is 2.85. The van der Waals surface area contributed by atoms with E-state index in [1.165, 1.54) is 48.5 Å². The molecule has 0 saturated heterocycles. The lowest BCUT2D eigenvalue weighted by Gasteiger charge is -2.01. The molecule has 0 amide bonds. The topological polar surface area (TPSA) is 125 Å². The van der Waals surface area contributed by atoms with Crippen LogP contribution in [-0.2, 0) is 9.63 Å².